The molecule has 2 rings (SSSR count). The van der Waals surface area contributed by atoms with Crippen molar-refractivity contribution < 1.29 is 23.3 Å². The Kier molecular flexibility index (Phi) is 4.10. The number of carbonyl (C=O) groups is 2. The van der Waals surface area contributed by atoms with Crippen LogP contribution in [0.2, 0.25) is 0 Å². The number of nitrogens with zero attached hydrogens (tertiary/aromatic N) is 1. The van der Waals surface area contributed by atoms with Gasteiger partial charge in [-0.3, -0.25) is 19.7 Å². The van der Waals surface area contributed by atoms with Gasteiger partial charge in [0.25, 0.3) is 5.91 Å². The summed E-state index contributed by atoms with van der Waals surface area (Å²) in [7, 11) is 0. The highest BCUT2D eigenvalue weighted by Crippen LogP contribution is 2.21. The zero-order valence-electron chi connectivity index (χ0n) is 10.7. The quantitative estimate of drug-likeness (QED) is 0.636. The average Bonchev–Trinajstić information content (AvgIpc) is 2.83. The number of hydrogen-bond donors (Lipinski definition) is 2. The van der Waals surface area contributed by atoms with Crippen LogP contribution in [-0.4, -0.2) is 29.3 Å². The van der Waals surface area contributed by atoms with Crippen LogP contribution in [0.1, 0.15) is 23.2 Å². The van der Waals surface area contributed by atoms with Gasteiger partial charge in [-0.25, -0.2) is 4.39 Å². The summed E-state index contributed by atoms with van der Waals surface area (Å²) in [4.78, 5) is 32.1. The average molecular weight is 299 g/mol. The molecular formula is C12H11F2N3O4. The highest BCUT2D eigenvalue weighted by molar-refractivity contribution is 5.94. The molecule has 1 aliphatic heterocycles. The molecule has 0 bridgehead atoms. The van der Waals surface area contributed by atoms with Crippen molar-refractivity contribution in [2.24, 2.45) is 0 Å². The molecule has 1 aromatic rings. The molecule has 1 atom stereocenters. The van der Waals surface area contributed by atoms with E-state index in [0.717, 1.165) is 0 Å². The van der Waals surface area contributed by atoms with Crippen molar-refractivity contribution in [3.63, 3.8) is 0 Å². The van der Waals surface area contributed by atoms with Crippen LogP contribution >= 0.6 is 0 Å². The van der Waals surface area contributed by atoms with E-state index in [2.05, 4.69) is 10.6 Å². The number of nitro groups is 1. The Labute approximate surface area is 117 Å². The molecule has 0 spiro atoms. The van der Waals surface area contributed by atoms with E-state index in [0.29, 0.717) is 25.0 Å². The second-order valence-electron chi connectivity index (χ2n) is 4.55. The Bertz CT molecular complexity index is 621. The molecule has 21 heavy (non-hydrogen) atoms. The van der Waals surface area contributed by atoms with Crippen molar-refractivity contribution in [3.05, 3.63) is 39.4 Å². The molecule has 1 aromatic carbocycles. The van der Waals surface area contributed by atoms with E-state index in [4.69, 9.17) is 0 Å². The predicted molar refractivity (Wildman–Crippen MR) is 66.5 cm³/mol. The van der Waals surface area contributed by atoms with E-state index in [-0.39, 0.29) is 18.5 Å². The zero-order valence-corrected chi connectivity index (χ0v) is 10.7. The van der Waals surface area contributed by atoms with Crippen LogP contribution in [-0.2, 0) is 4.79 Å². The van der Waals surface area contributed by atoms with Crippen LogP contribution in [0.15, 0.2) is 12.1 Å². The summed E-state index contributed by atoms with van der Waals surface area (Å²) in [6.07, 6.45) is 0.886. The lowest BCUT2D eigenvalue weighted by molar-refractivity contribution is -0.387. The normalized spacial score (nSPS) is 17.4. The lowest BCUT2D eigenvalue weighted by atomic mass is 10.1. The summed E-state index contributed by atoms with van der Waals surface area (Å²) in [5.41, 5.74) is -1.66. The van der Waals surface area contributed by atoms with Gasteiger partial charge in [0.2, 0.25) is 11.7 Å². The monoisotopic (exact) mass is 299 g/mol. The van der Waals surface area contributed by atoms with Gasteiger partial charge >= 0.3 is 5.69 Å². The van der Waals surface area contributed by atoms with Crippen LogP contribution in [0.4, 0.5) is 14.5 Å². The van der Waals surface area contributed by atoms with Gasteiger partial charge in [0.15, 0.2) is 0 Å². The summed E-state index contributed by atoms with van der Waals surface area (Å²) < 4.78 is 27.0. The number of rotatable bonds is 4. The molecule has 112 valence electrons. The van der Waals surface area contributed by atoms with Crippen LogP contribution < -0.4 is 10.6 Å². The Hall–Kier alpha value is -2.58. The Morgan fingerprint density at radius 3 is 2.71 bits per heavy atom. The molecule has 2 amide bonds. The van der Waals surface area contributed by atoms with Crippen molar-refractivity contribution in [1.29, 1.82) is 0 Å². The SMILES string of the molecule is O=C1CCC(CNC(=O)c2cc(F)c([N+](=O)[O-])cc2F)N1. The van der Waals surface area contributed by atoms with Gasteiger partial charge in [-0.15, -0.1) is 0 Å². The molecule has 7 nitrogen and oxygen atoms in total. The Morgan fingerprint density at radius 2 is 2.14 bits per heavy atom. The maximum atomic E-state index is 13.6. The number of halogens is 2. The number of benzene rings is 1. The third-order valence-electron chi connectivity index (χ3n) is 3.07. The second kappa shape index (κ2) is 5.81. The van der Waals surface area contributed by atoms with E-state index in [1.807, 2.05) is 0 Å². The van der Waals surface area contributed by atoms with Gasteiger partial charge in [0.05, 0.1) is 16.6 Å². The molecule has 0 aromatic heterocycles. The maximum Gasteiger partial charge on any atom is 0.307 e. The van der Waals surface area contributed by atoms with Gasteiger partial charge < -0.3 is 10.6 Å². The standard InChI is InChI=1S/C12H11F2N3O4/c13-8-4-10(17(20)21)9(14)3-7(8)12(19)15-5-6-1-2-11(18)16-6/h3-4,6H,1-2,5H2,(H,15,19)(H,16,18). The van der Waals surface area contributed by atoms with Crippen LogP contribution in [0.25, 0.3) is 0 Å². The molecule has 1 unspecified atom stereocenters. The first-order valence-electron chi connectivity index (χ1n) is 6.09. The minimum Gasteiger partial charge on any atom is -0.352 e. The first kappa shape index (κ1) is 14.8. The van der Waals surface area contributed by atoms with Gasteiger partial charge in [0.1, 0.15) is 5.82 Å². The van der Waals surface area contributed by atoms with Crippen molar-refractivity contribution in [2.75, 3.05) is 6.54 Å². The summed E-state index contributed by atoms with van der Waals surface area (Å²) in [5, 5.41) is 15.4. The fourth-order valence-electron chi connectivity index (χ4n) is 1.99. The highest BCUT2D eigenvalue weighted by atomic mass is 19.1. The summed E-state index contributed by atoms with van der Waals surface area (Å²) >= 11 is 0. The fourth-order valence-corrected chi connectivity index (χ4v) is 1.99. The Balaban J connectivity index is 2.07. The predicted octanol–water partition coefficient (Wildman–Crippen LogP) is 0.881. The van der Waals surface area contributed by atoms with Crippen molar-refractivity contribution >= 4 is 17.5 Å². The number of amides is 2. The number of hydrogen-bond acceptors (Lipinski definition) is 4. The lowest BCUT2D eigenvalue weighted by Gasteiger charge is -2.11. The van der Waals surface area contributed by atoms with E-state index < -0.39 is 33.7 Å². The lowest BCUT2D eigenvalue weighted by Crippen LogP contribution is -2.38. The second-order valence-corrected chi connectivity index (χ2v) is 4.55. The largest absolute Gasteiger partial charge is 0.352 e. The topological polar surface area (TPSA) is 101 Å². The van der Waals surface area contributed by atoms with Crippen LogP contribution in [0.5, 0.6) is 0 Å². The fraction of sp³-hybridized carbons (Fsp3) is 0.333. The molecule has 0 radical (unpaired) electrons. The minimum atomic E-state index is -1.29. The molecule has 1 fully saturated rings. The summed E-state index contributed by atoms with van der Waals surface area (Å²) in [6, 6.07) is 0.588. The van der Waals surface area contributed by atoms with E-state index >= 15 is 0 Å². The Morgan fingerprint density at radius 1 is 1.43 bits per heavy atom. The number of carbonyl (C=O) groups excluding carboxylic acids is 2. The molecule has 0 aliphatic carbocycles. The highest BCUT2D eigenvalue weighted by Gasteiger charge is 2.24. The van der Waals surface area contributed by atoms with Crippen LogP contribution in [0, 0.1) is 21.7 Å². The number of nitro benzene ring substituents is 1. The third-order valence-corrected chi connectivity index (χ3v) is 3.07. The van der Waals surface area contributed by atoms with E-state index in [1.165, 1.54) is 0 Å². The molecule has 9 heteroatoms. The molecule has 1 heterocycles. The van der Waals surface area contributed by atoms with E-state index in [9.17, 15) is 28.5 Å². The first-order chi connectivity index (χ1) is 9.88. The van der Waals surface area contributed by atoms with Crippen molar-refractivity contribution in [3.8, 4) is 0 Å². The molecule has 1 aliphatic rings. The zero-order chi connectivity index (χ0) is 15.6. The maximum absolute atomic E-state index is 13.6. The van der Waals surface area contributed by atoms with Crippen molar-refractivity contribution in [2.45, 2.75) is 18.9 Å². The smallest absolute Gasteiger partial charge is 0.307 e. The van der Waals surface area contributed by atoms with E-state index in [1.54, 1.807) is 0 Å². The van der Waals surface area contributed by atoms with Gasteiger partial charge in [0, 0.05) is 19.0 Å². The molecular weight excluding hydrogens is 288 g/mol. The van der Waals surface area contributed by atoms with Crippen molar-refractivity contribution in [1.82, 2.24) is 10.6 Å². The van der Waals surface area contributed by atoms with Crippen LogP contribution in [0.3, 0.4) is 0 Å². The summed E-state index contributed by atoms with van der Waals surface area (Å²) in [6.45, 7) is 0.0720. The minimum absolute atomic E-state index is 0.0720. The van der Waals surface area contributed by atoms with Gasteiger partial charge in [-0.1, -0.05) is 0 Å². The third kappa shape index (κ3) is 3.30. The molecule has 1 saturated heterocycles. The first-order valence-corrected chi connectivity index (χ1v) is 6.09. The summed E-state index contributed by atoms with van der Waals surface area (Å²) in [5.74, 6) is -3.51. The van der Waals surface area contributed by atoms with Gasteiger partial charge in [-0.05, 0) is 12.5 Å². The molecule has 0 saturated carbocycles. The van der Waals surface area contributed by atoms with Gasteiger partial charge in [-0.2, -0.15) is 4.39 Å². The number of nitrogens with one attached hydrogen (secondary N) is 2. The molecule has 2 N–H and O–H groups in total.